The van der Waals surface area contributed by atoms with Crippen molar-refractivity contribution in [3.8, 4) is 0 Å². The summed E-state index contributed by atoms with van der Waals surface area (Å²) in [5.74, 6) is -5.77. The van der Waals surface area contributed by atoms with Crippen LogP contribution in [-0.2, 0) is 5.92 Å². The molecule has 1 aromatic rings. The van der Waals surface area contributed by atoms with Crippen LogP contribution < -0.4 is 5.32 Å². The van der Waals surface area contributed by atoms with Crippen molar-refractivity contribution in [3.63, 3.8) is 0 Å². The van der Waals surface area contributed by atoms with Gasteiger partial charge in [-0.25, -0.2) is 8.78 Å². The van der Waals surface area contributed by atoms with E-state index in [1.165, 1.54) is 0 Å². The zero-order valence-corrected chi connectivity index (χ0v) is 10.8. The number of hydrogen-bond donors (Lipinski definition) is 1. The molecule has 1 fully saturated rings. The molecule has 2 rings (SSSR count). The zero-order chi connectivity index (χ0) is 13.3. The normalized spacial score (nSPS) is 21.5. The van der Waals surface area contributed by atoms with Crippen molar-refractivity contribution in [2.75, 3.05) is 26.7 Å². The molecule has 1 atom stereocenters. The van der Waals surface area contributed by atoms with E-state index in [2.05, 4.69) is 20.0 Å². The van der Waals surface area contributed by atoms with Crippen LogP contribution in [0.15, 0.2) is 4.52 Å². The number of halogens is 5. The molecule has 1 unspecified atom stereocenters. The Hall–Kier alpha value is -0.930. The summed E-state index contributed by atoms with van der Waals surface area (Å²) in [6, 6.07) is -0.357. The van der Waals surface area contributed by atoms with Gasteiger partial charge in [0.2, 0.25) is 0 Å². The van der Waals surface area contributed by atoms with Crippen LogP contribution in [0, 0.1) is 0 Å². The summed E-state index contributed by atoms with van der Waals surface area (Å²) in [4.78, 5) is 5.23. The molecule has 0 saturated carbocycles. The highest BCUT2D eigenvalue weighted by atomic mass is 35.5. The number of hydrogen-bond acceptors (Lipinski definition) is 5. The number of rotatable bonds is 3. The van der Waals surface area contributed by atoms with Crippen molar-refractivity contribution in [2.45, 2.75) is 18.4 Å². The van der Waals surface area contributed by atoms with Crippen LogP contribution in [-0.4, -0.2) is 48.1 Å². The Labute approximate surface area is 112 Å². The first-order chi connectivity index (χ1) is 8.43. The van der Waals surface area contributed by atoms with Crippen LogP contribution in [0.5, 0.6) is 0 Å². The number of nitrogens with one attached hydrogen (secondary N) is 1. The first-order valence-electron chi connectivity index (χ1n) is 5.34. The highest BCUT2D eigenvalue weighted by molar-refractivity contribution is 5.85. The summed E-state index contributed by atoms with van der Waals surface area (Å²) in [6.07, 6.45) is -3.87. The lowest BCUT2D eigenvalue weighted by atomic mass is 10.2. The molecule has 0 aliphatic carbocycles. The van der Waals surface area contributed by atoms with Crippen molar-refractivity contribution < 1.29 is 22.1 Å². The van der Waals surface area contributed by atoms with E-state index in [0.29, 0.717) is 13.1 Å². The summed E-state index contributed by atoms with van der Waals surface area (Å²) >= 11 is 0. The maximum absolute atomic E-state index is 13.0. The third-order valence-corrected chi connectivity index (χ3v) is 2.81. The smallest absolute Gasteiger partial charge is 0.332 e. The van der Waals surface area contributed by atoms with Gasteiger partial charge in [-0.15, -0.1) is 12.4 Å². The summed E-state index contributed by atoms with van der Waals surface area (Å²) in [5, 5.41) is 6.39. The first kappa shape index (κ1) is 16.1. The SMILES string of the molecule is CN1CCNCC1c1noc(C(F)(F)C(F)F)n1.Cl. The minimum absolute atomic E-state index is 0. The molecular formula is C9H13ClF4N4O. The van der Waals surface area contributed by atoms with Gasteiger partial charge in [0.1, 0.15) is 0 Å². The standard InChI is InChI=1S/C9H12F4N4O.ClH/c1-17-3-2-14-4-5(17)6-15-8(18-16-6)9(12,13)7(10)11;/h5,7,14H,2-4H2,1H3;1H. The van der Waals surface area contributed by atoms with E-state index in [4.69, 9.17) is 0 Å². The summed E-state index contributed by atoms with van der Waals surface area (Å²) in [6.45, 7) is 1.89. The van der Waals surface area contributed by atoms with Crippen LogP contribution in [0.3, 0.4) is 0 Å². The van der Waals surface area contributed by atoms with Gasteiger partial charge >= 0.3 is 18.2 Å². The minimum atomic E-state index is -4.41. The predicted molar refractivity (Wildman–Crippen MR) is 59.7 cm³/mol. The second kappa shape index (κ2) is 6.02. The van der Waals surface area contributed by atoms with Crippen molar-refractivity contribution in [3.05, 3.63) is 11.7 Å². The van der Waals surface area contributed by atoms with Crippen LogP contribution in [0.25, 0.3) is 0 Å². The average molecular weight is 305 g/mol. The molecule has 0 amide bonds. The van der Waals surface area contributed by atoms with Crippen LogP contribution >= 0.6 is 12.4 Å². The molecule has 5 nitrogen and oxygen atoms in total. The quantitative estimate of drug-likeness (QED) is 0.856. The lowest BCUT2D eigenvalue weighted by Gasteiger charge is -2.30. The van der Waals surface area contributed by atoms with Gasteiger partial charge in [-0.1, -0.05) is 5.16 Å². The monoisotopic (exact) mass is 304 g/mol. The van der Waals surface area contributed by atoms with E-state index in [-0.39, 0.29) is 24.3 Å². The first-order valence-corrected chi connectivity index (χ1v) is 5.34. The molecule has 0 spiro atoms. The lowest BCUT2D eigenvalue weighted by molar-refractivity contribution is -0.152. The molecule has 1 aliphatic heterocycles. The Bertz CT molecular complexity index is 417. The van der Waals surface area contributed by atoms with E-state index < -0.39 is 18.2 Å². The minimum Gasteiger partial charge on any atom is -0.332 e. The fourth-order valence-electron chi connectivity index (χ4n) is 1.69. The largest absolute Gasteiger partial charge is 0.383 e. The Balaban J connectivity index is 0.00000180. The predicted octanol–water partition coefficient (Wildman–Crippen LogP) is 1.42. The van der Waals surface area contributed by atoms with E-state index in [1.54, 1.807) is 7.05 Å². The molecule has 10 heteroatoms. The third-order valence-electron chi connectivity index (χ3n) is 2.81. The van der Waals surface area contributed by atoms with Crippen molar-refractivity contribution in [1.82, 2.24) is 20.4 Å². The molecule has 19 heavy (non-hydrogen) atoms. The number of piperazine rings is 1. The molecule has 0 radical (unpaired) electrons. The Morgan fingerprint density at radius 3 is 2.74 bits per heavy atom. The van der Waals surface area contributed by atoms with Crippen LogP contribution in [0.1, 0.15) is 17.8 Å². The molecule has 2 heterocycles. The number of likely N-dealkylation sites (N-methyl/N-ethyl adjacent to an activating group) is 1. The van der Waals surface area contributed by atoms with E-state index in [1.807, 2.05) is 4.90 Å². The summed E-state index contributed by atoms with van der Waals surface area (Å²) in [7, 11) is 1.77. The maximum atomic E-state index is 13.0. The fraction of sp³-hybridized carbons (Fsp3) is 0.778. The van der Waals surface area contributed by atoms with Gasteiger partial charge in [-0.2, -0.15) is 13.8 Å². The second-order valence-electron chi connectivity index (χ2n) is 4.08. The average Bonchev–Trinajstić information content (AvgIpc) is 2.79. The van der Waals surface area contributed by atoms with Gasteiger partial charge < -0.3 is 9.84 Å². The molecule has 1 N–H and O–H groups in total. The number of alkyl halides is 4. The van der Waals surface area contributed by atoms with Gasteiger partial charge in [0, 0.05) is 19.6 Å². The molecule has 0 bridgehead atoms. The van der Waals surface area contributed by atoms with Crippen LogP contribution in [0.2, 0.25) is 0 Å². The Morgan fingerprint density at radius 1 is 1.47 bits per heavy atom. The van der Waals surface area contributed by atoms with Gasteiger partial charge in [0.15, 0.2) is 5.82 Å². The van der Waals surface area contributed by atoms with Gasteiger partial charge in [0.25, 0.3) is 0 Å². The van der Waals surface area contributed by atoms with Gasteiger partial charge in [-0.3, -0.25) is 4.90 Å². The molecule has 0 aromatic carbocycles. The van der Waals surface area contributed by atoms with E-state index in [0.717, 1.165) is 6.54 Å². The maximum Gasteiger partial charge on any atom is 0.383 e. The molecule has 1 aromatic heterocycles. The van der Waals surface area contributed by atoms with Gasteiger partial charge in [-0.05, 0) is 7.05 Å². The lowest BCUT2D eigenvalue weighted by Crippen LogP contribution is -2.44. The molecule has 1 saturated heterocycles. The fourth-order valence-corrected chi connectivity index (χ4v) is 1.69. The number of nitrogens with zero attached hydrogens (tertiary/aromatic N) is 3. The highest BCUT2D eigenvalue weighted by Gasteiger charge is 2.49. The highest BCUT2D eigenvalue weighted by Crippen LogP contribution is 2.34. The van der Waals surface area contributed by atoms with E-state index in [9.17, 15) is 17.6 Å². The molecular weight excluding hydrogens is 292 g/mol. The van der Waals surface area contributed by atoms with Crippen LogP contribution in [0.4, 0.5) is 17.6 Å². The molecule has 1 aliphatic rings. The topological polar surface area (TPSA) is 54.2 Å². The third kappa shape index (κ3) is 3.15. The summed E-state index contributed by atoms with van der Waals surface area (Å²) < 4.78 is 54.5. The Kier molecular flexibility index (Phi) is 5.11. The van der Waals surface area contributed by atoms with Gasteiger partial charge in [0.05, 0.1) is 6.04 Å². The zero-order valence-electron chi connectivity index (χ0n) is 9.95. The van der Waals surface area contributed by atoms with Crippen molar-refractivity contribution >= 4 is 12.4 Å². The molecule has 110 valence electrons. The van der Waals surface area contributed by atoms with E-state index >= 15 is 0 Å². The Morgan fingerprint density at radius 2 is 2.16 bits per heavy atom. The van der Waals surface area contributed by atoms with Crippen molar-refractivity contribution in [2.24, 2.45) is 0 Å². The summed E-state index contributed by atoms with van der Waals surface area (Å²) in [5.41, 5.74) is 0. The number of aromatic nitrogens is 2. The second-order valence-corrected chi connectivity index (χ2v) is 4.08. The van der Waals surface area contributed by atoms with Crippen molar-refractivity contribution in [1.29, 1.82) is 0 Å².